The van der Waals surface area contributed by atoms with Crippen LogP contribution >= 0.6 is 0 Å². The molecule has 0 aromatic rings. The highest BCUT2D eigenvalue weighted by Gasteiger charge is 2.26. The average molecular weight is 184 g/mol. The fourth-order valence-corrected chi connectivity index (χ4v) is 1.61. The highest BCUT2D eigenvalue weighted by Crippen LogP contribution is 2.25. The minimum absolute atomic E-state index is 0.136. The molecule has 0 aliphatic heterocycles. The van der Waals surface area contributed by atoms with E-state index < -0.39 is 0 Å². The van der Waals surface area contributed by atoms with E-state index in [1.165, 1.54) is 0 Å². The average Bonchev–Trinajstić information content (AvgIpc) is 2.04. The van der Waals surface area contributed by atoms with Gasteiger partial charge in [-0.25, -0.2) is 0 Å². The lowest BCUT2D eigenvalue weighted by Gasteiger charge is -2.22. The van der Waals surface area contributed by atoms with Crippen molar-refractivity contribution in [2.75, 3.05) is 6.61 Å². The van der Waals surface area contributed by atoms with Gasteiger partial charge in [0.15, 0.2) is 0 Å². The Hall–Kier alpha value is -0.830. The Bertz CT molecular complexity index is 220. The van der Waals surface area contributed by atoms with E-state index in [9.17, 15) is 9.90 Å². The molecule has 0 radical (unpaired) electrons. The number of hydrogen-bond donors (Lipinski definition) is 1. The van der Waals surface area contributed by atoms with E-state index in [-0.39, 0.29) is 18.0 Å². The molecule has 13 heavy (non-hydrogen) atoms. The standard InChI is InChI=1S/C10H16O3/c1-3-13-10(12)9-5-4-8(11)6-7(9)2/h6,8-9,11H,3-5H2,1-2H3/t8-,9-/m0/s1. The van der Waals surface area contributed by atoms with Crippen molar-refractivity contribution in [2.45, 2.75) is 32.8 Å². The fourth-order valence-electron chi connectivity index (χ4n) is 1.61. The molecule has 0 heterocycles. The van der Waals surface area contributed by atoms with Crippen LogP contribution in [-0.2, 0) is 9.53 Å². The first-order valence-corrected chi connectivity index (χ1v) is 4.68. The number of carbonyl (C=O) groups excluding carboxylic acids is 1. The third kappa shape index (κ3) is 2.56. The molecule has 0 bridgehead atoms. The van der Waals surface area contributed by atoms with Gasteiger partial charge in [0.05, 0.1) is 18.6 Å². The van der Waals surface area contributed by atoms with E-state index in [1.807, 2.05) is 6.92 Å². The Morgan fingerprint density at radius 2 is 2.38 bits per heavy atom. The highest BCUT2D eigenvalue weighted by atomic mass is 16.5. The van der Waals surface area contributed by atoms with Crippen LogP contribution in [-0.4, -0.2) is 23.8 Å². The Kier molecular flexibility index (Phi) is 3.48. The summed E-state index contributed by atoms with van der Waals surface area (Å²) in [7, 11) is 0. The Balaban J connectivity index is 2.61. The van der Waals surface area contributed by atoms with Gasteiger partial charge in [-0.15, -0.1) is 0 Å². The SMILES string of the molecule is CCOC(=O)[C@H]1CC[C@H](O)C=C1C. The van der Waals surface area contributed by atoms with Crippen LogP contribution in [0.1, 0.15) is 26.7 Å². The predicted molar refractivity (Wildman–Crippen MR) is 49.1 cm³/mol. The van der Waals surface area contributed by atoms with Crippen LogP contribution in [0.2, 0.25) is 0 Å². The second-order valence-corrected chi connectivity index (χ2v) is 3.36. The monoisotopic (exact) mass is 184 g/mol. The van der Waals surface area contributed by atoms with Crippen LogP contribution in [0, 0.1) is 5.92 Å². The molecule has 1 aliphatic rings. The van der Waals surface area contributed by atoms with Crippen molar-refractivity contribution >= 4 is 5.97 Å². The maximum absolute atomic E-state index is 11.4. The number of esters is 1. The van der Waals surface area contributed by atoms with Crippen LogP contribution in [0.5, 0.6) is 0 Å². The summed E-state index contributed by atoms with van der Waals surface area (Å²) in [4.78, 5) is 11.4. The van der Waals surface area contributed by atoms with Crippen molar-refractivity contribution in [3.8, 4) is 0 Å². The van der Waals surface area contributed by atoms with Gasteiger partial charge in [-0.2, -0.15) is 0 Å². The summed E-state index contributed by atoms with van der Waals surface area (Å²) >= 11 is 0. The first-order chi connectivity index (χ1) is 6.15. The topological polar surface area (TPSA) is 46.5 Å². The smallest absolute Gasteiger partial charge is 0.313 e. The van der Waals surface area contributed by atoms with Gasteiger partial charge < -0.3 is 9.84 Å². The highest BCUT2D eigenvalue weighted by molar-refractivity contribution is 5.75. The summed E-state index contributed by atoms with van der Waals surface area (Å²) < 4.78 is 4.93. The lowest BCUT2D eigenvalue weighted by molar-refractivity contribution is -0.147. The number of hydrogen-bond acceptors (Lipinski definition) is 3. The Labute approximate surface area is 78.4 Å². The Morgan fingerprint density at radius 3 is 2.92 bits per heavy atom. The lowest BCUT2D eigenvalue weighted by Crippen LogP contribution is -2.24. The molecule has 0 fully saturated rings. The zero-order chi connectivity index (χ0) is 9.84. The predicted octanol–water partition coefficient (Wildman–Crippen LogP) is 1.27. The second kappa shape index (κ2) is 4.42. The Morgan fingerprint density at radius 1 is 1.69 bits per heavy atom. The minimum atomic E-state index is -0.384. The van der Waals surface area contributed by atoms with Gasteiger partial charge in [-0.3, -0.25) is 4.79 Å². The number of rotatable bonds is 2. The number of ether oxygens (including phenoxy) is 1. The molecule has 1 rings (SSSR count). The molecular formula is C10H16O3. The van der Waals surface area contributed by atoms with E-state index in [2.05, 4.69) is 0 Å². The van der Waals surface area contributed by atoms with Crippen molar-refractivity contribution in [2.24, 2.45) is 5.92 Å². The van der Waals surface area contributed by atoms with Gasteiger partial charge in [0.25, 0.3) is 0 Å². The third-order valence-electron chi connectivity index (χ3n) is 2.33. The minimum Gasteiger partial charge on any atom is -0.466 e. The fraction of sp³-hybridized carbons (Fsp3) is 0.700. The maximum Gasteiger partial charge on any atom is 0.313 e. The van der Waals surface area contributed by atoms with Gasteiger partial charge in [0.2, 0.25) is 0 Å². The third-order valence-corrected chi connectivity index (χ3v) is 2.33. The van der Waals surface area contributed by atoms with Crippen LogP contribution < -0.4 is 0 Å². The molecule has 0 aromatic heterocycles. The van der Waals surface area contributed by atoms with E-state index in [0.717, 1.165) is 5.57 Å². The largest absolute Gasteiger partial charge is 0.466 e. The molecule has 3 nitrogen and oxygen atoms in total. The quantitative estimate of drug-likeness (QED) is 0.519. The van der Waals surface area contributed by atoms with Gasteiger partial charge in [0.1, 0.15) is 0 Å². The summed E-state index contributed by atoms with van der Waals surface area (Å²) in [6.07, 6.45) is 2.71. The van der Waals surface area contributed by atoms with E-state index in [4.69, 9.17) is 4.74 Å². The zero-order valence-electron chi connectivity index (χ0n) is 8.12. The molecule has 0 amide bonds. The number of aliphatic hydroxyl groups excluding tert-OH is 1. The van der Waals surface area contributed by atoms with Crippen molar-refractivity contribution in [1.82, 2.24) is 0 Å². The lowest BCUT2D eigenvalue weighted by atomic mass is 9.87. The van der Waals surface area contributed by atoms with E-state index in [0.29, 0.717) is 19.4 Å². The van der Waals surface area contributed by atoms with Crippen LogP contribution in [0.4, 0.5) is 0 Å². The van der Waals surface area contributed by atoms with Gasteiger partial charge in [-0.1, -0.05) is 11.6 Å². The van der Waals surface area contributed by atoms with Gasteiger partial charge in [-0.05, 0) is 26.7 Å². The van der Waals surface area contributed by atoms with Crippen molar-refractivity contribution in [3.05, 3.63) is 11.6 Å². The van der Waals surface area contributed by atoms with Crippen molar-refractivity contribution in [1.29, 1.82) is 0 Å². The molecule has 0 saturated heterocycles. The molecular weight excluding hydrogens is 168 g/mol. The summed E-state index contributed by atoms with van der Waals surface area (Å²) in [5.41, 5.74) is 0.928. The molecule has 2 atom stereocenters. The van der Waals surface area contributed by atoms with Crippen LogP contribution in [0.25, 0.3) is 0 Å². The first-order valence-electron chi connectivity index (χ1n) is 4.68. The summed E-state index contributed by atoms with van der Waals surface area (Å²) in [5.74, 6) is -0.300. The zero-order valence-corrected chi connectivity index (χ0v) is 8.12. The van der Waals surface area contributed by atoms with Crippen LogP contribution in [0.3, 0.4) is 0 Å². The number of carbonyl (C=O) groups is 1. The molecule has 1 N–H and O–H groups in total. The normalized spacial score (nSPS) is 28.1. The number of aliphatic hydroxyl groups is 1. The molecule has 74 valence electrons. The van der Waals surface area contributed by atoms with Crippen molar-refractivity contribution < 1.29 is 14.6 Å². The summed E-state index contributed by atoms with van der Waals surface area (Å²) in [5, 5.41) is 9.28. The molecule has 0 saturated carbocycles. The molecule has 0 aromatic carbocycles. The van der Waals surface area contributed by atoms with Crippen LogP contribution in [0.15, 0.2) is 11.6 Å². The maximum atomic E-state index is 11.4. The van der Waals surface area contributed by atoms with Crippen molar-refractivity contribution in [3.63, 3.8) is 0 Å². The summed E-state index contributed by atoms with van der Waals surface area (Å²) in [6.45, 7) is 4.09. The van der Waals surface area contributed by atoms with Gasteiger partial charge >= 0.3 is 5.97 Å². The molecule has 0 spiro atoms. The first kappa shape index (κ1) is 10.3. The van der Waals surface area contributed by atoms with Gasteiger partial charge in [0, 0.05) is 0 Å². The molecule has 1 aliphatic carbocycles. The summed E-state index contributed by atoms with van der Waals surface area (Å²) in [6, 6.07) is 0. The molecule has 0 unspecified atom stereocenters. The van der Waals surface area contributed by atoms with E-state index >= 15 is 0 Å². The second-order valence-electron chi connectivity index (χ2n) is 3.36. The van der Waals surface area contributed by atoms with E-state index in [1.54, 1.807) is 13.0 Å². The molecule has 3 heteroatoms.